The summed E-state index contributed by atoms with van der Waals surface area (Å²) in [5.41, 5.74) is -0.525. The standard InChI is InChI=1S/C12H18O3/c1-7(2)8-4-9(13)12(3)6-11(14)15-10(12)5-8/h7-8,10H,4-6H2,1-3H3/t8-,10+,12-/m0/s1. The van der Waals surface area contributed by atoms with Crippen LogP contribution in [0, 0.1) is 17.3 Å². The number of carbonyl (C=O) groups excluding carboxylic acids is 2. The van der Waals surface area contributed by atoms with Crippen molar-refractivity contribution in [2.24, 2.45) is 17.3 Å². The fourth-order valence-corrected chi connectivity index (χ4v) is 2.67. The van der Waals surface area contributed by atoms with Crippen LogP contribution < -0.4 is 0 Å². The molecule has 2 rings (SSSR count). The molecule has 2 aliphatic rings. The Morgan fingerprint density at radius 3 is 2.67 bits per heavy atom. The highest BCUT2D eigenvalue weighted by Crippen LogP contribution is 2.46. The molecule has 1 aliphatic carbocycles. The van der Waals surface area contributed by atoms with E-state index >= 15 is 0 Å². The number of rotatable bonds is 1. The quantitative estimate of drug-likeness (QED) is 0.621. The van der Waals surface area contributed by atoms with Crippen molar-refractivity contribution in [2.45, 2.75) is 46.1 Å². The van der Waals surface area contributed by atoms with Gasteiger partial charge in [0.05, 0.1) is 11.8 Å². The van der Waals surface area contributed by atoms with Gasteiger partial charge in [0.15, 0.2) is 0 Å². The van der Waals surface area contributed by atoms with Crippen LogP contribution in [0.2, 0.25) is 0 Å². The first-order valence-corrected chi connectivity index (χ1v) is 5.66. The summed E-state index contributed by atoms with van der Waals surface area (Å²) in [6, 6.07) is 0. The third-order valence-corrected chi connectivity index (χ3v) is 4.04. The normalized spacial score (nSPS) is 40.5. The Kier molecular flexibility index (Phi) is 2.36. The molecule has 15 heavy (non-hydrogen) atoms. The van der Waals surface area contributed by atoms with E-state index in [9.17, 15) is 9.59 Å². The molecule has 3 heteroatoms. The molecule has 3 nitrogen and oxygen atoms in total. The number of ketones is 1. The highest BCUT2D eigenvalue weighted by molar-refractivity contribution is 5.92. The zero-order chi connectivity index (χ0) is 11.2. The van der Waals surface area contributed by atoms with Gasteiger partial charge in [-0.3, -0.25) is 9.59 Å². The highest BCUT2D eigenvalue weighted by Gasteiger charge is 2.54. The molecule has 0 bridgehead atoms. The van der Waals surface area contributed by atoms with Gasteiger partial charge in [-0.25, -0.2) is 0 Å². The second-order valence-corrected chi connectivity index (χ2v) is 5.44. The summed E-state index contributed by atoms with van der Waals surface area (Å²) in [4.78, 5) is 23.3. The van der Waals surface area contributed by atoms with Gasteiger partial charge < -0.3 is 4.74 Å². The number of hydrogen-bond acceptors (Lipinski definition) is 3. The number of esters is 1. The van der Waals surface area contributed by atoms with Gasteiger partial charge in [-0.2, -0.15) is 0 Å². The van der Waals surface area contributed by atoms with Crippen LogP contribution in [-0.2, 0) is 14.3 Å². The largest absolute Gasteiger partial charge is 0.461 e. The number of carbonyl (C=O) groups is 2. The van der Waals surface area contributed by atoms with Crippen LogP contribution in [0.1, 0.15) is 40.0 Å². The molecule has 3 atom stereocenters. The first-order chi connectivity index (χ1) is 6.93. The predicted molar refractivity (Wildman–Crippen MR) is 55.2 cm³/mol. The lowest BCUT2D eigenvalue weighted by Gasteiger charge is -2.37. The number of ether oxygens (including phenoxy) is 1. The molecule has 1 aliphatic heterocycles. The maximum absolute atomic E-state index is 12.0. The van der Waals surface area contributed by atoms with Crippen molar-refractivity contribution in [3.63, 3.8) is 0 Å². The zero-order valence-corrected chi connectivity index (χ0v) is 9.58. The van der Waals surface area contributed by atoms with E-state index in [1.54, 1.807) is 0 Å². The molecule has 1 saturated carbocycles. The zero-order valence-electron chi connectivity index (χ0n) is 9.58. The Morgan fingerprint density at radius 1 is 1.40 bits per heavy atom. The minimum Gasteiger partial charge on any atom is -0.461 e. The average molecular weight is 210 g/mol. The predicted octanol–water partition coefficient (Wildman–Crippen LogP) is 1.94. The Morgan fingerprint density at radius 2 is 2.07 bits per heavy atom. The van der Waals surface area contributed by atoms with Crippen molar-refractivity contribution >= 4 is 11.8 Å². The maximum Gasteiger partial charge on any atom is 0.307 e. The van der Waals surface area contributed by atoms with Crippen molar-refractivity contribution in [2.75, 3.05) is 0 Å². The van der Waals surface area contributed by atoms with Gasteiger partial charge in [0, 0.05) is 6.42 Å². The fourth-order valence-electron chi connectivity index (χ4n) is 2.67. The second kappa shape index (κ2) is 3.32. The van der Waals surface area contributed by atoms with Crippen LogP contribution in [0.25, 0.3) is 0 Å². The molecule has 0 aromatic carbocycles. The van der Waals surface area contributed by atoms with Gasteiger partial charge in [-0.15, -0.1) is 0 Å². The molecule has 1 saturated heterocycles. The van der Waals surface area contributed by atoms with Crippen LogP contribution in [0.4, 0.5) is 0 Å². The average Bonchev–Trinajstić information content (AvgIpc) is 2.41. The molecule has 0 amide bonds. The molecule has 0 aromatic rings. The van der Waals surface area contributed by atoms with E-state index in [4.69, 9.17) is 4.74 Å². The SMILES string of the molecule is CC(C)[C@H]1CC(=O)[C@]2(C)CC(=O)O[C@@H]2C1. The lowest BCUT2D eigenvalue weighted by molar-refractivity contribution is -0.145. The summed E-state index contributed by atoms with van der Waals surface area (Å²) in [6.07, 6.45) is 1.58. The lowest BCUT2D eigenvalue weighted by Crippen LogP contribution is -2.44. The summed E-state index contributed by atoms with van der Waals surface area (Å²) >= 11 is 0. The first-order valence-electron chi connectivity index (χ1n) is 5.66. The molecule has 0 spiro atoms. The van der Waals surface area contributed by atoms with Crippen LogP contribution in [0.3, 0.4) is 0 Å². The molecule has 0 N–H and O–H groups in total. The van der Waals surface area contributed by atoms with Gasteiger partial charge >= 0.3 is 5.97 Å². The van der Waals surface area contributed by atoms with E-state index in [1.165, 1.54) is 0 Å². The minimum absolute atomic E-state index is 0.168. The Bertz CT molecular complexity index is 308. The first kappa shape index (κ1) is 10.7. The van der Waals surface area contributed by atoms with Gasteiger partial charge in [-0.1, -0.05) is 13.8 Å². The van der Waals surface area contributed by atoms with Crippen molar-refractivity contribution < 1.29 is 14.3 Å². The van der Waals surface area contributed by atoms with Crippen molar-refractivity contribution in [1.29, 1.82) is 0 Å². The summed E-state index contributed by atoms with van der Waals surface area (Å²) in [5.74, 6) is 0.864. The van der Waals surface area contributed by atoms with E-state index in [2.05, 4.69) is 13.8 Å². The van der Waals surface area contributed by atoms with E-state index in [0.717, 1.165) is 6.42 Å². The van der Waals surface area contributed by atoms with E-state index in [0.29, 0.717) is 18.3 Å². The Balaban J connectivity index is 2.21. The lowest BCUT2D eigenvalue weighted by atomic mass is 9.66. The summed E-state index contributed by atoms with van der Waals surface area (Å²) in [6.45, 7) is 6.12. The maximum atomic E-state index is 12.0. The highest BCUT2D eigenvalue weighted by atomic mass is 16.6. The third kappa shape index (κ3) is 1.58. The summed E-state index contributed by atoms with van der Waals surface area (Å²) in [5, 5.41) is 0. The molecule has 84 valence electrons. The third-order valence-electron chi connectivity index (χ3n) is 4.04. The van der Waals surface area contributed by atoms with Gasteiger partial charge in [-0.05, 0) is 25.2 Å². The smallest absolute Gasteiger partial charge is 0.307 e. The second-order valence-electron chi connectivity index (χ2n) is 5.44. The summed E-state index contributed by atoms with van der Waals surface area (Å²) < 4.78 is 5.26. The number of fused-ring (bicyclic) bond motifs is 1. The van der Waals surface area contributed by atoms with Crippen LogP contribution in [-0.4, -0.2) is 17.9 Å². The molecular formula is C12H18O3. The minimum atomic E-state index is -0.525. The molecule has 1 heterocycles. The monoisotopic (exact) mass is 210 g/mol. The molecular weight excluding hydrogens is 192 g/mol. The van der Waals surface area contributed by atoms with Crippen LogP contribution in [0.15, 0.2) is 0 Å². The van der Waals surface area contributed by atoms with E-state index in [1.807, 2.05) is 6.92 Å². The topological polar surface area (TPSA) is 43.4 Å². The Labute approximate surface area is 90.2 Å². The van der Waals surface area contributed by atoms with Crippen LogP contribution >= 0.6 is 0 Å². The molecule has 0 aromatic heterocycles. The Hall–Kier alpha value is -0.860. The molecule has 0 radical (unpaired) electrons. The molecule has 0 unspecified atom stereocenters. The van der Waals surface area contributed by atoms with Gasteiger partial charge in [0.25, 0.3) is 0 Å². The van der Waals surface area contributed by atoms with Gasteiger partial charge in [0.1, 0.15) is 11.9 Å². The van der Waals surface area contributed by atoms with Crippen LogP contribution in [0.5, 0.6) is 0 Å². The fraction of sp³-hybridized carbons (Fsp3) is 0.833. The molecule has 2 fully saturated rings. The van der Waals surface area contributed by atoms with Crippen molar-refractivity contribution in [3.05, 3.63) is 0 Å². The van der Waals surface area contributed by atoms with Crippen molar-refractivity contribution in [3.8, 4) is 0 Å². The number of Topliss-reactive ketones (excluding diaryl/α,β-unsaturated/α-hetero) is 1. The number of hydrogen-bond donors (Lipinski definition) is 0. The van der Waals surface area contributed by atoms with E-state index in [-0.39, 0.29) is 24.3 Å². The van der Waals surface area contributed by atoms with Gasteiger partial charge in [0.2, 0.25) is 0 Å². The van der Waals surface area contributed by atoms with E-state index < -0.39 is 5.41 Å². The summed E-state index contributed by atoms with van der Waals surface area (Å²) in [7, 11) is 0. The van der Waals surface area contributed by atoms with Crippen molar-refractivity contribution in [1.82, 2.24) is 0 Å².